The molecule has 3 heterocycles. The molecule has 7 fully saturated rings. The zero-order chi connectivity index (χ0) is 31.8. The summed E-state index contributed by atoms with van der Waals surface area (Å²) in [6, 6.07) is 17.1. The van der Waals surface area contributed by atoms with Gasteiger partial charge in [0.25, 0.3) is 0 Å². The highest BCUT2D eigenvalue weighted by atomic mass is 16.7. The first-order chi connectivity index (χ1) is 23.0. The number of likely N-dealkylation sites (tertiary alicyclic amines) is 2. The average molecular weight is 643 g/mol. The van der Waals surface area contributed by atoms with Crippen LogP contribution in [0.3, 0.4) is 0 Å². The Labute approximate surface area is 280 Å². The number of amides is 2. The van der Waals surface area contributed by atoms with Crippen molar-refractivity contribution in [3.63, 3.8) is 0 Å². The summed E-state index contributed by atoms with van der Waals surface area (Å²) in [6.45, 7) is 6.26. The van der Waals surface area contributed by atoms with E-state index in [0.717, 1.165) is 78.8 Å². The minimum Gasteiger partial charge on any atom is -0.392 e. The first kappa shape index (κ1) is 31.8. The van der Waals surface area contributed by atoms with Gasteiger partial charge in [-0.15, -0.1) is 0 Å². The summed E-state index contributed by atoms with van der Waals surface area (Å²) >= 11 is 0. The monoisotopic (exact) mass is 642 g/mol. The van der Waals surface area contributed by atoms with Gasteiger partial charge in [-0.2, -0.15) is 0 Å². The van der Waals surface area contributed by atoms with E-state index in [1.165, 1.54) is 64.6 Å². The Morgan fingerprint density at radius 3 is 2.13 bits per heavy atom. The minimum absolute atomic E-state index is 0.0209. The second-order valence-corrected chi connectivity index (χ2v) is 15.9. The van der Waals surface area contributed by atoms with Gasteiger partial charge >= 0.3 is 6.03 Å². The van der Waals surface area contributed by atoms with Crippen LogP contribution in [0.2, 0.25) is 0 Å². The van der Waals surface area contributed by atoms with E-state index in [1.807, 2.05) is 12.1 Å². The van der Waals surface area contributed by atoms with Crippen molar-refractivity contribution in [1.82, 2.24) is 20.4 Å². The summed E-state index contributed by atoms with van der Waals surface area (Å²) in [5, 5.41) is 16.2. The van der Waals surface area contributed by atoms with Crippen molar-refractivity contribution in [2.75, 3.05) is 32.7 Å². The second kappa shape index (κ2) is 13.8. The third-order valence-corrected chi connectivity index (χ3v) is 12.3. The number of carbonyl (C=O) groups is 1. The van der Waals surface area contributed by atoms with E-state index in [9.17, 15) is 9.90 Å². The molecule has 9 rings (SSSR count). The molecular formula is C39H54N4O4. The van der Waals surface area contributed by atoms with Crippen LogP contribution in [0.5, 0.6) is 0 Å². The van der Waals surface area contributed by atoms with E-state index in [2.05, 4.69) is 56.8 Å². The third kappa shape index (κ3) is 7.28. The number of aliphatic hydroxyl groups excluding tert-OH is 1. The Morgan fingerprint density at radius 2 is 1.45 bits per heavy atom. The molecule has 4 atom stereocenters. The zero-order valence-corrected chi connectivity index (χ0v) is 28.0. The van der Waals surface area contributed by atoms with Crippen molar-refractivity contribution >= 4 is 6.03 Å². The van der Waals surface area contributed by atoms with Gasteiger partial charge < -0.3 is 30.1 Å². The van der Waals surface area contributed by atoms with Crippen molar-refractivity contribution in [3.8, 4) is 0 Å². The number of nitrogens with zero attached hydrogens (tertiary/aromatic N) is 2. The Balaban J connectivity index is 0.909. The SMILES string of the molecule is O=C(NCc1ccc([C@H]2O[C@@H](CN3CCC[C@H]3CN3CCCC3)C[C@@H](c3ccc(CO)cc3)O2)cc1)NC12CC3CC(CC(C3)C1)C2. The van der Waals surface area contributed by atoms with Gasteiger partial charge in [-0.05, 0) is 118 Å². The largest absolute Gasteiger partial charge is 0.392 e. The minimum atomic E-state index is -0.461. The van der Waals surface area contributed by atoms with Gasteiger partial charge in [0.1, 0.15) is 0 Å². The van der Waals surface area contributed by atoms with Crippen LogP contribution < -0.4 is 10.6 Å². The average Bonchev–Trinajstić information content (AvgIpc) is 3.75. The molecule has 2 aromatic rings. The normalized spacial score (nSPS) is 35.4. The van der Waals surface area contributed by atoms with Crippen LogP contribution in [0.1, 0.15) is 105 Å². The molecule has 4 aliphatic carbocycles. The van der Waals surface area contributed by atoms with Crippen LogP contribution in [0.25, 0.3) is 0 Å². The molecule has 7 aliphatic rings. The number of carbonyl (C=O) groups excluding carboxylic acids is 1. The van der Waals surface area contributed by atoms with E-state index < -0.39 is 6.29 Å². The first-order valence-electron chi connectivity index (χ1n) is 18.6. The Hall–Kier alpha value is -2.49. The smallest absolute Gasteiger partial charge is 0.315 e. The van der Waals surface area contributed by atoms with Crippen LogP contribution in [-0.4, -0.2) is 71.3 Å². The summed E-state index contributed by atoms with van der Waals surface area (Å²) in [7, 11) is 0. The molecule has 0 unspecified atom stereocenters. The molecule has 3 N–H and O–H groups in total. The van der Waals surface area contributed by atoms with Crippen molar-refractivity contribution in [2.24, 2.45) is 17.8 Å². The molecule has 0 spiro atoms. The summed E-state index contributed by atoms with van der Waals surface area (Å²) in [4.78, 5) is 18.4. The van der Waals surface area contributed by atoms with Crippen LogP contribution >= 0.6 is 0 Å². The fourth-order valence-electron chi connectivity index (χ4n) is 10.4. The van der Waals surface area contributed by atoms with Crippen LogP contribution in [-0.2, 0) is 22.6 Å². The Kier molecular flexibility index (Phi) is 9.32. The number of urea groups is 1. The molecular weight excluding hydrogens is 588 g/mol. The molecule has 8 heteroatoms. The van der Waals surface area contributed by atoms with Crippen LogP contribution in [0.4, 0.5) is 4.79 Å². The third-order valence-electron chi connectivity index (χ3n) is 12.3. The predicted molar refractivity (Wildman–Crippen MR) is 181 cm³/mol. The van der Waals surface area contributed by atoms with Crippen molar-refractivity contribution in [1.29, 1.82) is 0 Å². The highest BCUT2D eigenvalue weighted by Gasteiger charge is 2.51. The van der Waals surface area contributed by atoms with Crippen molar-refractivity contribution in [3.05, 3.63) is 70.8 Å². The number of benzene rings is 2. The first-order valence-corrected chi connectivity index (χ1v) is 18.6. The van der Waals surface area contributed by atoms with E-state index in [0.29, 0.717) is 12.6 Å². The molecule has 254 valence electrons. The standard InChI is InChI=1S/C39H54N4O4/c44-26-28-7-9-32(10-8-28)36-19-35(25-43-15-3-4-34(43)24-42-13-1-2-14-42)46-37(47-36)33-11-5-27(6-12-33)23-40-38(45)41-39-20-29-16-30(21-39)18-31(17-29)22-39/h5-12,29-31,34-37,44H,1-4,13-26H2,(H2,40,41,45)/t29?,30?,31?,34-,35+,36-,37-,39?/m0/s1. The summed E-state index contributed by atoms with van der Waals surface area (Å²) in [5.41, 5.74) is 4.13. The van der Waals surface area contributed by atoms with Crippen molar-refractivity contribution < 1.29 is 19.4 Å². The molecule has 2 aromatic carbocycles. The van der Waals surface area contributed by atoms with Gasteiger partial charge in [-0.3, -0.25) is 4.90 Å². The molecule has 2 amide bonds. The maximum atomic E-state index is 13.0. The topological polar surface area (TPSA) is 86.3 Å². The number of ether oxygens (including phenoxy) is 2. The molecule has 4 saturated carbocycles. The lowest BCUT2D eigenvalue weighted by Gasteiger charge is -2.56. The van der Waals surface area contributed by atoms with E-state index in [-0.39, 0.29) is 30.4 Å². The van der Waals surface area contributed by atoms with Crippen molar-refractivity contribution in [2.45, 2.75) is 114 Å². The fourth-order valence-corrected chi connectivity index (χ4v) is 10.4. The van der Waals surface area contributed by atoms with Gasteiger partial charge in [0.15, 0.2) is 6.29 Å². The van der Waals surface area contributed by atoms with E-state index in [4.69, 9.17) is 9.47 Å². The molecule has 8 nitrogen and oxygen atoms in total. The summed E-state index contributed by atoms with van der Waals surface area (Å²) in [6.07, 6.45) is 13.1. The molecule has 4 bridgehead atoms. The molecule has 0 aromatic heterocycles. The van der Waals surface area contributed by atoms with Gasteiger partial charge in [-0.1, -0.05) is 48.5 Å². The molecule has 0 radical (unpaired) electrons. The summed E-state index contributed by atoms with van der Waals surface area (Å²) in [5.74, 6) is 2.43. The molecule has 3 saturated heterocycles. The summed E-state index contributed by atoms with van der Waals surface area (Å²) < 4.78 is 13.4. The number of hydrogen-bond donors (Lipinski definition) is 3. The Morgan fingerprint density at radius 1 is 0.787 bits per heavy atom. The lowest BCUT2D eigenvalue weighted by Crippen LogP contribution is -2.61. The Bertz CT molecular complexity index is 1320. The lowest BCUT2D eigenvalue weighted by molar-refractivity contribution is -0.253. The van der Waals surface area contributed by atoms with E-state index >= 15 is 0 Å². The fraction of sp³-hybridized carbons (Fsp3) is 0.667. The molecule has 47 heavy (non-hydrogen) atoms. The number of rotatable bonds is 10. The highest BCUT2D eigenvalue weighted by molar-refractivity contribution is 5.75. The van der Waals surface area contributed by atoms with Gasteiger partial charge in [0, 0.05) is 43.2 Å². The highest BCUT2D eigenvalue weighted by Crippen LogP contribution is 2.55. The lowest BCUT2D eigenvalue weighted by atomic mass is 9.53. The van der Waals surface area contributed by atoms with E-state index in [1.54, 1.807) is 0 Å². The number of hydrogen-bond acceptors (Lipinski definition) is 6. The maximum absolute atomic E-state index is 13.0. The quantitative estimate of drug-likeness (QED) is 0.293. The van der Waals surface area contributed by atoms with Gasteiger partial charge in [0.05, 0.1) is 18.8 Å². The van der Waals surface area contributed by atoms with Gasteiger partial charge in [0.2, 0.25) is 0 Å². The molecule has 3 aliphatic heterocycles. The maximum Gasteiger partial charge on any atom is 0.315 e. The number of nitrogens with one attached hydrogen (secondary N) is 2. The van der Waals surface area contributed by atoms with Crippen LogP contribution in [0, 0.1) is 17.8 Å². The second-order valence-electron chi connectivity index (χ2n) is 15.9. The number of aliphatic hydroxyl groups is 1. The van der Waals surface area contributed by atoms with Gasteiger partial charge in [-0.25, -0.2) is 4.79 Å². The predicted octanol–water partition coefficient (Wildman–Crippen LogP) is 6.05. The van der Waals surface area contributed by atoms with Crippen LogP contribution in [0.15, 0.2) is 48.5 Å². The zero-order valence-electron chi connectivity index (χ0n) is 28.0.